The third kappa shape index (κ3) is 10.0. The summed E-state index contributed by atoms with van der Waals surface area (Å²) in [6, 6.07) is 4.13. The second-order valence-electron chi connectivity index (χ2n) is 17.8. The van der Waals surface area contributed by atoms with Crippen LogP contribution >= 0.6 is 11.6 Å². The topological polar surface area (TPSA) is 192 Å². The van der Waals surface area contributed by atoms with Gasteiger partial charge in [0.15, 0.2) is 5.60 Å². The average molecular weight is 896 g/mol. The van der Waals surface area contributed by atoms with Gasteiger partial charge in [-0.15, -0.1) is 0 Å². The van der Waals surface area contributed by atoms with Gasteiger partial charge in [-0.3, -0.25) is 19.1 Å². The maximum Gasteiger partial charge on any atom is 0.408 e. The number of hydrogen-bond donors (Lipinski definition) is 3. The van der Waals surface area contributed by atoms with Crippen LogP contribution in [0.25, 0.3) is 10.8 Å². The van der Waals surface area contributed by atoms with Gasteiger partial charge < -0.3 is 34.5 Å². The van der Waals surface area contributed by atoms with Gasteiger partial charge in [0, 0.05) is 48.2 Å². The predicted molar refractivity (Wildman–Crippen MR) is 222 cm³/mol. The largest absolute Gasteiger partial charge is 0.475 e. The fourth-order valence-electron chi connectivity index (χ4n) is 7.81. The second-order valence-corrected chi connectivity index (χ2v) is 20.4. The van der Waals surface area contributed by atoms with Gasteiger partial charge in [0.05, 0.1) is 17.9 Å². The zero-order chi connectivity index (χ0) is 44.7. The monoisotopic (exact) mass is 895 g/mol. The Hall–Kier alpha value is -4.29. The molecule has 3 N–H and O–H groups in total. The van der Waals surface area contributed by atoms with Crippen LogP contribution in [0, 0.1) is 17.8 Å². The molecule has 0 spiro atoms. The Labute approximate surface area is 360 Å². The van der Waals surface area contributed by atoms with Gasteiger partial charge in [0.25, 0.3) is 11.8 Å². The van der Waals surface area contributed by atoms with Gasteiger partial charge >= 0.3 is 6.09 Å². The summed E-state index contributed by atoms with van der Waals surface area (Å²) in [5, 5.41) is 6.84. The molecule has 4 amide bonds. The molecule has 4 aliphatic rings. The maximum atomic E-state index is 14.9. The number of nitrogens with zero attached hydrogens (tertiary/aromatic N) is 2. The molecule has 15 nitrogen and oxygen atoms in total. The van der Waals surface area contributed by atoms with E-state index in [-0.39, 0.29) is 50.3 Å². The van der Waals surface area contributed by atoms with Gasteiger partial charge in [-0.25, -0.2) is 22.0 Å². The minimum absolute atomic E-state index is 0.000722. The number of alkyl halides is 2. The van der Waals surface area contributed by atoms with Gasteiger partial charge in [0.1, 0.15) is 30.3 Å². The van der Waals surface area contributed by atoms with Crippen molar-refractivity contribution in [2.45, 2.75) is 126 Å². The van der Waals surface area contributed by atoms with Crippen LogP contribution in [0.2, 0.25) is 5.02 Å². The van der Waals surface area contributed by atoms with Gasteiger partial charge in [-0.05, 0) is 83.3 Å². The number of alkyl carbamates (subject to hydrolysis) is 1. The van der Waals surface area contributed by atoms with Crippen molar-refractivity contribution >= 4 is 56.2 Å². The Morgan fingerprint density at radius 2 is 1.82 bits per heavy atom. The molecular weight excluding hydrogens is 840 g/mol. The fraction of sp³-hybridized carbons (Fsp3) is 0.643. The molecule has 7 atom stereocenters. The van der Waals surface area contributed by atoms with Crippen LogP contribution < -0.4 is 24.8 Å². The Bertz CT molecular complexity index is 2170. The number of rotatable bonds is 12. The highest BCUT2D eigenvalue weighted by molar-refractivity contribution is 7.91. The van der Waals surface area contributed by atoms with Crippen LogP contribution in [0.1, 0.15) is 86.5 Å². The first-order valence-corrected chi connectivity index (χ1v) is 22.5. The van der Waals surface area contributed by atoms with E-state index in [9.17, 15) is 36.4 Å². The van der Waals surface area contributed by atoms with E-state index in [0.29, 0.717) is 54.8 Å². The number of aromatic nitrogens is 1. The molecule has 0 bridgehead atoms. The first kappa shape index (κ1) is 46.2. The number of methoxy groups -OCH3 is 1. The fourth-order valence-corrected chi connectivity index (χ4v) is 9.35. The lowest BCUT2D eigenvalue weighted by atomic mass is 9.88. The second kappa shape index (κ2) is 17.5. The quantitative estimate of drug-likeness (QED) is 0.176. The highest BCUT2D eigenvalue weighted by atomic mass is 35.5. The van der Waals surface area contributed by atoms with Gasteiger partial charge in [-0.2, -0.15) is 4.98 Å². The smallest absolute Gasteiger partial charge is 0.408 e. The van der Waals surface area contributed by atoms with Crippen molar-refractivity contribution in [2.24, 2.45) is 17.8 Å². The minimum atomic E-state index is -4.08. The number of benzene rings is 1. The molecule has 0 unspecified atom stereocenters. The lowest BCUT2D eigenvalue weighted by molar-refractivity contribution is -0.152. The van der Waals surface area contributed by atoms with E-state index in [4.69, 9.17) is 30.5 Å². The van der Waals surface area contributed by atoms with E-state index in [1.54, 1.807) is 44.2 Å². The molecule has 61 heavy (non-hydrogen) atoms. The number of ether oxygens (including phenoxy) is 4. The summed E-state index contributed by atoms with van der Waals surface area (Å²) < 4.78 is 79.1. The van der Waals surface area contributed by atoms with Crippen LogP contribution in [0.4, 0.5) is 13.6 Å². The van der Waals surface area contributed by atoms with Crippen LogP contribution in [0.15, 0.2) is 36.4 Å². The highest BCUT2D eigenvalue weighted by Crippen LogP contribution is 2.48. The number of sulfonamides is 1. The van der Waals surface area contributed by atoms with E-state index in [2.05, 4.69) is 20.3 Å². The molecule has 336 valence electrons. The van der Waals surface area contributed by atoms with Crippen molar-refractivity contribution in [1.82, 2.24) is 25.2 Å². The van der Waals surface area contributed by atoms with E-state index in [1.807, 2.05) is 13.0 Å². The third-order valence-electron chi connectivity index (χ3n) is 12.5. The van der Waals surface area contributed by atoms with Crippen molar-refractivity contribution in [3.05, 3.63) is 41.4 Å². The molecule has 2 saturated carbocycles. The zero-order valence-corrected chi connectivity index (χ0v) is 37.1. The first-order valence-electron chi connectivity index (χ1n) is 20.6. The number of pyridine rings is 1. The number of carbonyl (C=O) groups is 4. The van der Waals surface area contributed by atoms with Crippen LogP contribution in [-0.2, 0) is 33.9 Å². The molecular formula is C42H56ClF2N5O10S. The maximum absolute atomic E-state index is 14.9. The van der Waals surface area contributed by atoms with E-state index in [0.717, 1.165) is 13.8 Å². The number of fused-ring (bicyclic) bond motifs is 3. The Kier molecular flexibility index (Phi) is 13.2. The standard InChI is InChI=1S/C42H56ClF2N5O10S/c1-24-11-8-9-12-26-22-42(26,37(53)49-61(55,56)40(5)15-16-40)48-34(51)31-20-27(59-35-28-13-10-14-30(43)29(28)21-32(46-35)58-18-17-57-7)23-50(31)36(52)33(25(2)19-24)47-38(54)60-39(3,4)41(6,44)45/h9-10,12-14,21,24-27,31,33H,8,11,15-20,22-23H2,1-7H3,(H,47,54)(H,48,51)(H,49,53)/b12-9-/t24-,25-,26-,27-,31+,33+,42-/m1/s1. The summed E-state index contributed by atoms with van der Waals surface area (Å²) in [4.78, 5) is 62.8. The molecule has 2 aliphatic heterocycles. The Balaban J connectivity index is 1.37. The molecule has 2 aromatic rings. The van der Waals surface area contributed by atoms with Gasteiger partial charge in [-0.1, -0.05) is 43.7 Å². The summed E-state index contributed by atoms with van der Waals surface area (Å²) in [5.74, 6) is -6.64. The normalized spacial score (nSPS) is 28.6. The van der Waals surface area contributed by atoms with Crippen LogP contribution in [0.5, 0.6) is 11.8 Å². The molecule has 1 aromatic heterocycles. The zero-order valence-electron chi connectivity index (χ0n) is 35.5. The molecule has 0 radical (unpaired) electrons. The number of halogens is 3. The summed E-state index contributed by atoms with van der Waals surface area (Å²) in [6.45, 7) is 8.24. The molecule has 3 fully saturated rings. The number of allylic oxidation sites excluding steroid dienone is 1. The molecule has 19 heteroatoms. The number of carbonyl (C=O) groups excluding carboxylic acids is 4. The summed E-state index contributed by atoms with van der Waals surface area (Å²) in [6.07, 6.45) is 3.93. The van der Waals surface area contributed by atoms with E-state index < -0.39 is 85.7 Å². The van der Waals surface area contributed by atoms with Crippen LogP contribution in [0.3, 0.4) is 0 Å². The van der Waals surface area contributed by atoms with Gasteiger partial charge in [0.2, 0.25) is 33.6 Å². The molecule has 1 aromatic carbocycles. The summed E-state index contributed by atoms with van der Waals surface area (Å²) in [5.41, 5.74) is -3.88. The number of nitrogens with one attached hydrogen (secondary N) is 3. The summed E-state index contributed by atoms with van der Waals surface area (Å²) in [7, 11) is -2.55. The van der Waals surface area contributed by atoms with Crippen molar-refractivity contribution in [2.75, 3.05) is 26.9 Å². The first-order chi connectivity index (χ1) is 28.5. The van der Waals surface area contributed by atoms with Crippen molar-refractivity contribution in [1.29, 1.82) is 0 Å². The molecule has 6 rings (SSSR count). The lowest BCUT2D eigenvalue weighted by Crippen LogP contribution is -2.59. The average Bonchev–Trinajstić information content (AvgIpc) is 4.05. The van der Waals surface area contributed by atoms with Crippen molar-refractivity contribution in [3.63, 3.8) is 0 Å². The molecule has 3 heterocycles. The van der Waals surface area contributed by atoms with Crippen molar-refractivity contribution < 1.29 is 55.3 Å². The third-order valence-corrected chi connectivity index (χ3v) is 15.0. The van der Waals surface area contributed by atoms with E-state index >= 15 is 0 Å². The van der Waals surface area contributed by atoms with Crippen LogP contribution in [-0.4, -0.2) is 109 Å². The number of amides is 4. The van der Waals surface area contributed by atoms with E-state index in [1.165, 1.54) is 12.0 Å². The Morgan fingerprint density at radius 3 is 2.49 bits per heavy atom. The SMILES string of the molecule is COCCOc1cc2c(Cl)cccc2c(O[C@@H]2C[C@H]3C(=O)N[C@]4(C(=O)NS(=O)(=O)C5(C)CC5)C[C@H]4/C=C\CC[C@@H](C)C[C@@H](C)[C@H](NC(=O)OC(C)(C)C(C)(F)F)C(=O)N3C2)n1. The molecule has 1 saturated heterocycles. The highest BCUT2D eigenvalue weighted by Gasteiger charge is 2.63. The number of hydrogen-bond acceptors (Lipinski definition) is 11. The predicted octanol–water partition coefficient (Wildman–Crippen LogP) is 5.68. The lowest BCUT2D eigenvalue weighted by Gasteiger charge is -2.35. The minimum Gasteiger partial charge on any atom is -0.475 e. The summed E-state index contributed by atoms with van der Waals surface area (Å²) >= 11 is 6.58. The molecule has 2 aliphatic carbocycles. The van der Waals surface area contributed by atoms with Crippen molar-refractivity contribution in [3.8, 4) is 11.8 Å². The Morgan fingerprint density at radius 1 is 1.10 bits per heavy atom.